The minimum Gasteiger partial charge on any atom is -0.497 e. The van der Waals surface area contributed by atoms with E-state index in [1.54, 1.807) is 7.11 Å². The molecule has 148 valence electrons. The quantitative estimate of drug-likeness (QED) is 0.695. The molecule has 7 heteroatoms. The van der Waals surface area contributed by atoms with Crippen molar-refractivity contribution in [2.24, 2.45) is 11.0 Å². The highest BCUT2D eigenvalue weighted by Gasteiger charge is 2.42. The highest BCUT2D eigenvalue weighted by atomic mass is 32.2. The maximum Gasteiger partial charge on any atom is 0.334 e. The molecule has 2 aromatic rings. The summed E-state index contributed by atoms with van der Waals surface area (Å²) < 4.78 is 11.5. The number of benzene rings is 2. The lowest BCUT2D eigenvalue weighted by atomic mass is 9.98. The van der Waals surface area contributed by atoms with Gasteiger partial charge in [-0.3, -0.25) is 10.1 Å². The monoisotopic (exact) mass is 399 g/mol. The zero-order valence-corrected chi connectivity index (χ0v) is 17.3. The number of ether oxygens (including phenoxy) is 2. The second-order valence-electron chi connectivity index (χ2n) is 6.96. The first-order valence-corrected chi connectivity index (χ1v) is 9.96. The number of hydrogen-bond donors (Lipinski definition) is 2. The third kappa shape index (κ3) is 4.78. The van der Waals surface area contributed by atoms with Crippen LogP contribution < -0.4 is 20.2 Å². The predicted octanol–water partition coefficient (Wildman–Crippen LogP) is 3.72. The van der Waals surface area contributed by atoms with Crippen LogP contribution in [0, 0.1) is 5.92 Å². The van der Waals surface area contributed by atoms with E-state index < -0.39 is 5.18 Å². The molecule has 1 aliphatic heterocycles. The Balaban J connectivity index is 1.89. The Bertz CT molecular complexity index is 870. The maximum absolute atomic E-state index is 11.8. The highest BCUT2D eigenvalue weighted by Crippen LogP contribution is 2.35. The number of carbonyl (C=O) groups excluding carboxylic acids is 1. The second kappa shape index (κ2) is 8.56. The van der Waals surface area contributed by atoms with Crippen molar-refractivity contribution in [1.29, 1.82) is 0 Å². The van der Waals surface area contributed by atoms with Gasteiger partial charge >= 0.3 is 5.18 Å². The van der Waals surface area contributed by atoms with Gasteiger partial charge in [-0.15, -0.1) is 0 Å². The van der Waals surface area contributed by atoms with Crippen molar-refractivity contribution in [3.05, 3.63) is 59.7 Å². The number of hydrazone groups is 1. The van der Waals surface area contributed by atoms with Gasteiger partial charge < -0.3 is 9.47 Å². The van der Waals surface area contributed by atoms with E-state index in [-0.39, 0.29) is 5.91 Å². The van der Waals surface area contributed by atoms with Gasteiger partial charge in [-0.2, -0.15) is 5.10 Å². The number of nitrogens with zero attached hydrogens (tertiary/aromatic N) is 1. The van der Waals surface area contributed by atoms with Crippen LogP contribution in [0.5, 0.6) is 11.5 Å². The zero-order chi connectivity index (χ0) is 20.1. The van der Waals surface area contributed by atoms with Crippen LogP contribution in [0.4, 0.5) is 0 Å². The molecule has 0 fully saturated rings. The van der Waals surface area contributed by atoms with E-state index in [0.717, 1.165) is 28.3 Å². The number of amides is 1. The van der Waals surface area contributed by atoms with E-state index in [1.807, 2.05) is 48.5 Å². The van der Waals surface area contributed by atoms with Crippen molar-refractivity contribution in [3.8, 4) is 11.5 Å². The lowest BCUT2D eigenvalue weighted by molar-refractivity contribution is -0.122. The molecule has 1 heterocycles. The van der Waals surface area contributed by atoms with Crippen LogP contribution in [0.15, 0.2) is 53.6 Å². The van der Waals surface area contributed by atoms with E-state index >= 15 is 0 Å². The highest BCUT2D eigenvalue weighted by molar-refractivity contribution is 8.15. The Morgan fingerprint density at radius 1 is 1.21 bits per heavy atom. The Hall–Kier alpha value is -2.67. The first kappa shape index (κ1) is 20.1. The molecule has 1 atom stereocenters. The molecule has 6 nitrogen and oxygen atoms in total. The summed E-state index contributed by atoms with van der Waals surface area (Å²) in [5, 5.41) is 6.87. The predicted molar refractivity (Wildman–Crippen MR) is 112 cm³/mol. The number of para-hydroxylation sites is 1. The van der Waals surface area contributed by atoms with Crippen molar-refractivity contribution in [2.75, 3.05) is 7.11 Å². The van der Waals surface area contributed by atoms with Crippen LogP contribution in [0.25, 0.3) is 0 Å². The first-order chi connectivity index (χ1) is 13.4. The van der Waals surface area contributed by atoms with Crippen LogP contribution in [-0.4, -0.2) is 23.2 Å². The number of methoxy groups -OCH3 is 1. The molecule has 0 saturated heterocycles. The maximum atomic E-state index is 11.8. The van der Waals surface area contributed by atoms with Crippen molar-refractivity contribution in [2.45, 2.75) is 32.4 Å². The molecule has 0 aliphatic carbocycles. The SMILES string of the molecule is COc1ccc(C2=NNC(NC(C)=O)(Oc3ccccc3)S2)c(CC(C)C)c1. The summed E-state index contributed by atoms with van der Waals surface area (Å²) >= 11 is 1.33. The third-order valence-electron chi connectivity index (χ3n) is 4.06. The molecule has 2 aromatic carbocycles. The number of thioether (sulfide) groups is 1. The summed E-state index contributed by atoms with van der Waals surface area (Å²) in [5.41, 5.74) is 5.11. The Morgan fingerprint density at radius 2 is 1.96 bits per heavy atom. The summed E-state index contributed by atoms with van der Waals surface area (Å²) in [7, 11) is 1.66. The third-order valence-corrected chi connectivity index (χ3v) is 5.13. The molecule has 3 rings (SSSR count). The molecule has 0 aromatic heterocycles. The molecule has 0 saturated carbocycles. The van der Waals surface area contributed by atoms with Gasteiger partial charge in [-0.05, 0) is 60.0 Å². The normalized spacial score (nSPS) is 18.4. The fourth-order valence-electron chi connectivity index (χ4n) is 2.94. The van der Waals surface area contributed by atoms with Gasteiger partial charge in [0.15, 0.2) is 0 Å². The first-order valence-electron chi connectivity index (χ1n) is 9.15. The van der Waals surface area contributed by atoms with Crippen molar-refractivity contribution in [3.63, 3.8) is 0 Å². The van der Waals surface area contributed by atoms with Crippen LogP contribution in [-0.2, 0) is 11.2 Å². The van der Waals surface area contributed by atoms with Crippen molar-refractivity contribution >= 4 is 22.7 Å². The largest absolute Gasteiger partial charge is 0.497 e. The van der Waals surface area contributed by atoms with Gasteiger partial charge in [0.25, 0.3) is 0 Å². The summed E-state index contributed by atoms with van der Waals surface area (Å²) in [6.45, 7) is 5.80. The van der Waals surface area contributed by atoms with E-state index in [1.165, 1.54) is 18.7 Å². The summed E-state index contributed by atoms with van der Waals surface area (Å²) in [4.78, 5) is 11.8. The summed E-state index contributed by atoms with van der Waals surface area (Å²) in [6, 6.07) is 15.3. The van der Waals surface area contributed by atoms with E-state index in [4.69, 9.17) is 9.47 Å². The average Bonchev–Trinajstić information content (AvgIpc) is 3.04. The fourth-order valence-corrected chi connectivity index (χ4v) is 4.04. The van der Waals surface area contributed by atoms with Crippen LogP contribution in [0.3, 0.4) is 0 Å². The molecule has 0 radical (unpaired) electrons. The van der Waals surface area contributed by atoms with Crippen LogP contribution in [0.2, 0.25) is 0 Å². The molecule has 0 spiro atoms. The smallest absolute Gasteiger partial charge is 0.334 e. The summed E-state index contributed by atoms with van der Waals surface area (Å²) in [6.07, 6.45) is 0.888. The Morgan fingerprint density at radius 3 is 2.61 bits per heavy atom. The number of hydrogen-bond acceptors (Lipinski definition) is 6. The molecular formula is C21H25N3O3S. The zero-order valence-electron chi connectivity index (χ0n) is 16.5. The molecule has 0 bridgehead atoms. The van der Waals surface area contributed by atoms with E-state index in [0.29, 0.717) is 11.7 Å². The topological polar surface area (TPSA) is 72.0 Å². The Labute approximate surface area is 169 Å². The van der Waals surface area contributed by atoms with E-state index in [2.05, 4.69) is 29.7 Å². The molecule has 2 N–H and O–H groups in total. The van der Waals surface area contributed by atoms with Crippen molar-refractivity contribution in [1.82, 2.24) is 10.7 Å². The minimum absolute atomic E-state index is 0.218. The molecule has 1 amide bonds. The van der Waals surface area contributed by atoms with Gasteiger partial charge in [0, 0.05) is 12.5 Å². The number of rotatable bonds is 7. The second-order valence-corrected chi connectivity index (χ2v) is 8.13. The van der Waals surface area contributed by atoms with Crippen LogP contribution >= 0.6 is 11.8 Å². The molecule has 28 heavy (non-hydrogen) atoms. The Kier molecular flexibility index (Phi) is 6.14. The van der Waals surface area contributed by atoms with E-state index in [9.17, 15) is 4.79 Å². The average molecular weight is 400 g/mol. The van der Waals surface area contributed by atoms with Gasteiger partial charge in [0.05, 0.1) is 7.11 Å². The molecule has 1 aliphatic rings. The molecular weight excluding hydrogens is 374 g/mol. The standard InChI is InChI=1S/C21H25N3O3S/c1-14(2)12-16-13-18(26-4)10-11-19(16)20-23-24-21(28-20,22-15(3)25)27-17-8-6-5-7-9-17/h5-11,13-14,24H,12H2,1-4H3,(H,22,25). The minimum atomic E-state index is -1.20. The van der Waals surface area contributed by atoms with Gasteiger partial charge in [0.2, 0.25) is 5.91 Å². The van der Waals surface area contributed by atoms with Crippen molar-refractivity contribution < 1.29 is 14.3 Å². The fraction of sp³-hybridized carbons (Fsp3) is 0.333. The molecule has 1 unspecified atom stereocenters. The lowest BCUT2D eigenvalue weighted by Crippen LogP contribution is -2.56. The van der Waals surface area contributed by atoms with Crippen LogP contribution in [0.1, 0.15) is 31.9 Å². The van der Waals surface area contributed by atoms with Gasteiger partial charge in [-0.25, -0.2) is 5.43 Å². The summed E-state index contributed by atoms with van der Waals surface area (Å²) in [5.74, 6) is 1.70. The number of carbonyl (C=O) groups is 1. The lowest BCUT2D eigenvalue weighted by Gasteiger charge is -2.28. The van der Waals surface area contributed by atoms with Gasteiger partial charge in [-0.1, -0.05) is 32.0 Å². The number of nitrogens with one attached hydrogen (secondary N) is 2. The van der Waals surface area contributed by atoms with Gasteiger partial charge in [0.1, 0.15) is 16.5 Å².